The molecule has 0 radical (unpaired) electrons. The average Bonchev–Trinajstić information content (AvgIpc) is 2.78. The van der Waals surface area contributed by atoms with Crippen LogP contribution >= 0.6 is 11.3 Å². The van der Waals surface area contributed by atoms with Gasteiger partial charge in [0.15, 0.2) is 0 Å². The van der Waals surface area contributed by atoms with Crippen LogP contribution < -0.4 is 5.73 Å². The number of aryl methyl sites for hydroxylation is 1. The van der Waals surface area contributed by atoms with Crippen molar-refractivity contribution in [1.82, 2.24) is 4.90 Å². The Bertz CT molecular complexity index is 496. The van der Waals surface area contributed by atoms with Gasteiger partial charge in [-0.3, -0.25) is 4.79 Å². The minimum atomic E-state index is 0.103. The zero-order valence-electron chi connectivity index (χ0n) is 12.1. The van der Waals surface area contributed by atoms with E-state index in [9.17, 15) is 4.79 Å². The number of hydrogen-bond acceptors (Lipinski definition) is 3. The van der Waals surface area contributed by atoms with Crippen LogP contribution in [0.3, 0.4) is 0 Å². The molecule has 1 aromatic rings. The van der Waals surface area contributed by atoms with Crippen molar-refractivity contribution in [3.05, 3.63) is 21.4 Å². The maximum absolute atomic E-state index is 12.5. The molecule has 0 aliphatic carbocycles. The topological polar surface area (TPSA) is 46.3 Å². The van der Waals surface area contributed by atoms with E-state index in [0.29, 0.717) is 6.54 Å². The lowest BCUT2D eigenvalue weighted by atomic mass is 10.2. The number of amides is 1. The van der Waals surface area contributed by atoms with Gasteiger partial charge in [0.1, 0.15) is 0 Å². The first-order valence-corrected chi connectivity index (χ1v) is 7.47. The second-order valence-electron chi connectivity index (χ2n) is 4.48. The predicted octanol–water partition coefficient (Wildman–Crippen LogP) is 2.63. The Kier molecular flexibility index (Phi) is 6.07. The van der Waals surface area contributed by atoms with Crippen molar-refractivity contribution in [3.63, 3.8) is 0 Å². The number of nitrogens with zero attached hydrogens (tertiary/aromatic N) is 1. The van der Waals surface area contributed by atoms with Crippen molar-refractivity contribution >= 4 is 17.2 Å². The van der Waals surface area contributed by atoms with Crippen molar-refractivity contribution in [1.29, 1.82) is 0 Å². The normalized spacial score (nSPS) is 11.6. The first kappa shape index (κ1) is 15.7. The summed E-state index contributed by atoms with van der Waals surface area (Å²) in [5.74, 6) is 5.96. The monoisotopic (exact) mass is 278 g/mol. The van der Waals surface area contributed by atoms with Gasteiger partial charge in [0.05, 0.1) is 16.3 Å². The van der Waals surface area contributed by atoms with E-state index in [2.05, 4.69) is 25.7 Å². The summed E-state index contributed by atoms with van der Waals surface area (Å²) in [7, 11) is 0. The Morgan fingerprint density at radius 1 is 1.53 bits per heavy atom. The average molecular weight is 278 g/mol. The van der Waals surface area contributed by atoms with Gasteiger partial charge >= 0.3 is 0 Å². The van der Waals surface area contributed by atoms with E-state index >= 15 is 0 Å². The molecular weight excluding hydrogens is 256 g/mol. The molecule has 1 heterocycles. The number of carbonyl (C=O) groups excluding carboxylic acids is 1. The van der Waals surface area contributed by atoms with Crippen LogP contribution in [0.1, 0.15) is 47.3 Å². The highest BCUT2D eigenvalue weighted by Gasteiger charge is 2.21. The van der Waals surface area contributed by atoms with Gasteiger partial charge in [-0.2, -0.15) is 0 Å². The van der Waals surface area contributed by atoms with Crippen molar-refractivity contribution in [2.75, 3.05) is 13.1 Å². The lowest BCUT2D eigenvalue weighted by Gasteiger charge is -2.26. The summed E-state index contributed by atoms with van der Waals surface area (Å²) in [6.07, 6.45) is 0.962. The second-order valence-corrected chi connectivity index (χ2v) is 5.53. The summed E-state index contributed by atoms with van der Waals surface area (Å²) >= 11 is 1.46. The Hall–Kier alpha value is -1.31. The third-order valence-corrected chi connectivity index (χ3v) is 4.30. The molecule has 3 nitrogen and oxygen atoms in total. The first-order valence-electron chi connectivity index (χ1n) is 6.65. The molecule has 0 bridgehead atoms. The van der Waals surface area contributed by atoms with Gasteiger partial charge in [-0.25, -0.2) is 0 Å². The molecule has 1 atom stereocenters. The molecule has 104 valence electrons. The van der Waals surface area contributed by atoms with Crippen molar-refractivity contribution in [3.8, 4) is 11.8 Å². The lowest BCUT2D eigenvalue weighted by molar-refractivity contribution is 0.0705. The zero-order valence-corrected chi connectivity index (χ0v) is 12.9. The van der Waals surface area contributed by atoms with Crippen LogP contribution in [0, 0.1) is 18.8 Å². The third kappa shape index (κ3) is 3.82. The van der Waals surface area contributed by atoms with Crippen LogP contribution in [0.15, 0.2) is 6.07 Å². The minimum Gasteiger partial charge on any atom is -0.336 e. The van der Waals surface area contributed by atoms with Crippen LogP contribution in [-0.4, -0.2) is 29.9 Å². The van der Waals surface area contributed by atoms with E-state index in [-0.39, 0.29) is 11.9 Å². The number of nitrogens with two attached hydrogens (primary N) is 1. The molecule has 0 fully saturated rings. The number of hydrogen-bond donors (Lipinski definition) is 1. The molecule has 1 rings (SSSR count). The Labute approximate surface area is 119 Å². The summed E-state index contributed by atoms with van der Waals surface area (Å²) in [6.45, 7) is 9.24. The number of thiophene rings is 1. The molecule has 0 spiro atoms. The summed E-state index contributed by atoms with van der Waals surface area (Å²) in [5.41, 5.74) is 6.43. The molecule has 0 aromatic carbocycles. The third-order valence-electron chi connectivity index (χ3n) is 3.16. The van der Waals surface area contributed by atoms with Gasteiger partial charge in [0, 0.05) is 12.6 Å². The molecule has 19 heavy (non-hydrogen) atoms. The van der Waals surface area contributed by atoms with Gasteiger partial charge in [-0.1, -0.05) is 18.8 Å². The Morgan fingerprint density at radius 2 is 2.21 bits per heavy atom. The molecular formula is C15H22N2OS. The van der Waals surface area contributed by atoms with Crippen molar-refractivity contribution in [2.45, 2.75) is 40.2 Å². The summed E-state index contributed by atoms with van der Waals surface area (Å²) < 4.78 is 0. The lowest BCUT2D eigenvalue weighted by Crippen LogP contribution is -2.37. The van der Waals surface area contributed by atoms with Crippen LogP contribution in [0.2, 0.25) is 0 Å². The van der Waals surface area contributed by atoms with Gasteiger partial charge < -0.3 is 10.6 Å². The number of rotatable bonds is 4. The molecule has 2 N–H and O–H groups in total. The van der Waals surface area contributed by atoms with Gasteiger partial charge in [0.25, 0.3) is 5.91 Å². The largest absolute Gasteiger partial charge is 0.336 e. The van der Waals surface area contributed by atoms with E-state index < -0.39 is 0 Å². The molecule has 4 heteroatoms. The molecule has 0 aliphatic heterocycles. The van der Waals surface area contributed by atoms with Gasteiger partial charge in [-0.05, 0) is 38.8 Å². The maximum Gasteiger partial charge on any atom is 0.264 e. The molecule has 1 aromatic heterocycles. The summed E-state index contributed by atoms with van der Waals surface area (Å²) in [6, 6.07) is 2.19. The fourth-order valence-electron chi connectivity index (χ4n) is 1.86. The van der Waals surface area contributed by atoms with E-state index in [1.54, 1.807) is 0 Å². The van der Waals surface area contributed by atoms with E-state index in [1.807, 2.05) is 24.8 Å². The summed E-state index contributed by atoms with van der Waals surface area (Å²) in [5, 5.41) is 0. The Balaban J connectivity index is 2.99. The van der Waals surface area contributed by atoms with Crippen LogP contribution in [-0.2, 0) is 0 Å². The standard InChI is InChI=1S/C15H22N2OS/c1-5-12(4)17(6-2)15(18)14-10-11(3)13(19-14)8-7-9-16/h10,12H,5-6,9,16H2,1-4H3. The molecule has 1 unspecified atom stereocenters. The van der Waals surface area contributed by atoms with E-state index in [1.165, 1.54) is 11.3 Å². The Morgan fingerprint density at radius 3 is 2.74 bits per heavy atom. The SMILES string of the molecule is CCC(C)N(CC)C(=O)c1cc(C)c(C#CCN)s1. The fourth-order valence-corrected chi connectivity index (χ4v) is 2.86. The highest BCUT2D eigenvalue weighted by molar-refractivity contribution is 7.14. The molecule has 0 saturated carbocycles. The maximum atomic E-state index is 12.5. The van der Waals surface area contributed by atoms with Crippen LogP contribution in [0.5, 0.6) is 0 Å². The van der Waals surface area contributed by atoms with Gasteiger partial charge in [-0.15, -0.1) is 11.3 Å². The molecule has 0 saturated heterocycles. The highest BCUT2D eigenvalue weighted by Crippen LogP contribution is 2.23. The first-order chi connectivity index (χ1) is 9.04. The van der Waals surface area contributed by atoms with E-state index in [4.69, 9.17) is 5.73 Å². The highest BCUT2D eigenvalue weighted by atomic mass is 32.1. The zero-order chi connectivity index (χ0) is 14.4. The molecule has 0 aliphatic rings. The number of carbonyl (C=O) groups is 1. The minimum absolute atomic E-state index is 0.103. The van der Waals surface area contributed by atoms with Crippen LogP contribution in [0.25, 0.3) is 0 Å². The van der Waals surface area contributed by atoms with Gasteiger partial charge in [0.2, 0.25) is 0 Å². The quantitative estimate of drug-likeness (QED) is 0.861. The fraction of sp³-hybridized carbons (Fsp3) is 0.533. The smallest absolute Gasteiger partial charge is 0.264 e. The van der Waals surface area contributed by atoms with Crippen LogP contribution in [0.4, 0.5) is 0 Å². The van der Waals surface area contributed by atoms with Crippen molar-refractivity contribution in [2.24, 2.45) is 5.73 Å². The van der Waals surface area contributed by atoms with Crippen molar-refractivity contribution < 1.29 is 4.79 Å². The predicted molar refractivity (Wildman–Crippen MR) is 81.5 cm³/mol. The summed E-state index contributed by atoms with van der Waals surface area (Å²) in [4.78, 5) is 16.1. The molecule has 1 amide bonds. The van der Waals surface area contributed by atoms with E-state index in [0.717, 1.165) is 28.3 Å². The second kappa shape index (κ2) is 7.32.